The third kappa shape index (κ3) is 4.04. The number of benzene rings is 2. The minimum atomic E-state index is -3.70. The monoisotopic (exact) mass is 415 g/mol. The van der Waals surface area contributed by atoms with Crippen LogP contribution in [0.1, 0.15) is 23.7 Å². The second-order valence-electron chi connectivity index (χ2n) is 4.42. The van der Waals surface area contributed by atoms with Gasteiger partial charge in [-0.3, -0.25) is 9.52 Å². The smallest absolute Gasteiger partial charge is 0.261 e. The van der Waals surface area contributed by atoms with Crippen molar-refractivity contribution in [2.75, 3.05) is 4.72 Å². The largest absolute Gasteiger partial charge is 0.294 e. The fraction of sp³-hybridized carbons (Fsp3) is 0.133. The maximum absolute atomic E-state index is 12.4. The lowest BCUT2D eigenvalue weighted by atomic mass is 10.1. The number of rotatable bonds is 5. The van der Waals surface area contributed by atoms with E-state index in [-0.39, 0.29) is 10.7 Å². The summed E-state index contributed by atoms with van der Waals surface area (Å²) in [6, 6.07) is 13.1. The van der Waals surface area contributed by atoms with Gasteiger partial charge >= 0.3 is 0 Å². The lowest BCUT2D eigenvalue weighted by molar-refractivity contribution is 0.0988. The number of anilines is 1. The van der Waals surface area contributed by atoms with Gasteiger partial charge in [-0.05, 0) is 52.9 Å². The van der Waals surface area contributed by atoms with E-state index >= 15 is 0 Å². The van der Waals surface area contributed by atoms with E-state index in [1.54, 1.807) is 37.3 Å². The zero-order valence-corrected chi connectivity index (χ0v) is 14.3. The summed E-state index contributed by atoms with van der Waals surface area (Å²) < 4.78 is 28.2. The quantitative estimate of drug-likeness (QED) is 0.599. The average Bonchev–Trinajstić information content (AvgIpc) is 2.46. The number of carbonyl (C=O) groups is 1. The first-order valence-electron chi connectivity index (χ1n) is 6.34. The molecule has 0 atom stereocenters. The van der Waals surface area contributed by atoms with Crippen LogP contribution in [-0.2, 0) is 10.0 Å². The number of hydrogen-bond acceptors (Lipinski definition) is 3. The molecule has 0 spiro atoms. The van der Waals surface area contributed by atoms with Crippen molar-refractivity contribution in [2.24, 2.45) is 0 Å². The Kier molecular flexibility index (Phi) is 5.00. The van der Waals surface area contributed by atoms with Crippen LogP contribution in [0.4, 0.5) is 5.69 Å². The summed E-state index contributed by atoms with van der Waals surface area (Å²) in [4.78, 5) is 11.8. The third-order valence-corrected chi connectivity index (χ3v) is 4.91. The van der Waals surface area contributed by atoms with E-state index in [1.807, 2.05) is 6.07 Å². The molecule has 0 aliphatic heterocycles. The first kappa shape index (κ1) is 16.0. The summed E-state index contributed by atoms with van der Waals surface area (Å²) in [6.45, 7) is 1.74. The summed E-state index contributed by atoms with van der Waals surface area (Å²) >= 11 is 2.11. The molecule has 110 valence electrons. The lowest BCUT2D eigenvalue weighted by Gasteiger charge is -2.09. The maximum Gasteiger partial charge on any atom is 0.261 e. The van der Waals surface area contributed by atoms with E-state index in [1.165, 1.54) is 12.1 Å². The Morgan fingerprint density at radius 1 is 1.14 bits per heavy atom. The van der Waals surface area contributed by atoms with Crippen molar-refractivity contribution in [3.05, 3.63) is 57.7 Å². The Labute approximate surface area is 137 Å². The molecule has 0 bridgehead atoms. The van der Waals surface area contributed by atoms with E-state index in [9.17, 15) is 13.2 Å². The van der Waals surface area contributed by atoms with Crippen molar-refractivity contribution in [3.63, 3.8) is 0 Å². The van der Waals surface area contributed by atoms with Crippen molar-refractivity contribution in [2.45, 2.75) is 18.2 Å². The van der Waals surface area contributed by atoms with Gasteiger partial charge in [0.15, 0.2) is 5.78 Å². The van der Waals surface area contributed by atoms with Gasteiger partial charge in [-0.2, -0.15) is 0 Å². The molecule has 21 heavy (non-hydrogen) atoms. The SMILES string of the molecule is CCC(=O)c1cccc(S(=O)(=O)Nc2cccc(I)c2)c1. The van der Waals surface area contributed by atoms with Gasteiger partial charge in [0.1, 0.15) is 0 Å². The molecule has 0 aliphatic rings. The van der Waals surface area contributed by atoms with Crippen LogP contribution in [0.5, 0.6) is 0 Å². The molecule has 4 nitrogen and oxygen atoms in total. The van der Waals surface area contributed by atoms with E-state index in [2.05, 4.69) is 27.3 Å². The van der Waals surface area contributed by atoms with Crippen LogP contribution in [0, 0.1) is 3.57 Å². The van der Waals surface area contributed by atoms with Crippen molar-refractivity contribution in [3.8, 4) is 0 Å². The van der Waals surface area contributed by atoms with Crippen molar-refractivity contribution in [1.29, 1.82) is 0 Å². The van der Waals surface area contributed by atoms with Crippen molar-refractivity contribution < 1.29 is 13.2 Å². The molecule has 0 aromatic heterocycles. The fourth-order valence-electron chi connectivity index (χ4n) is 1.81. The molecule has 1 N–H and O–H groups in total. The summed E-state index contributed by atoms with van der Waals surface area (Å²) in [5.74, 6) is -0.0821. The van der Waals surface area contributed by atoms with Gasteiger partial charge in [0.05, 0.1) is 4.90 Å². The highest BCUT2D eigenvalue weighted by Crippen LogP contribution is 2.19. The average molecular weight is 415 g/mol. The zero-order chi connectivity index (χ0) is 15.5. The van der Waals surface area contributed by atoms with Gasteiger partial charge in [-0.25, -0.2) is 8.42 Å². The van der Waals surface area contributed by atoms with Crippen molar-refractivity contribution in [1.82, 2.24) is 0 Å². The first-order valence-corrected chi connectivity index (χ1v) is 8.90. The van der Waals surface area contributed by atoms with Gasteiger partial charge in [-0.15, -0.1) is 0 Å². The topological polar surface area (TPSA) is 63.2 Å². The number of halogens is 1. The van der Waals surface area contributed by atoms with E-state index in [4.69, 9.17) is 0 Å². The molecule has 2 aromatic rings. The number of Topliss-reactive ketones (excluding diaryl/α,β-unsaturated/α-hetero) is 1. The summed E-state index contributed by atoms with van der Waals surface area (Å²) in [7, 11) is -3.70. The molecule has 0 saturated carbocycles. The molecule has 6 heteroatoms. The van der Waals surface area contributed by atoms with E-state index in [0.717, 1.165) is 3.57 Å². The van der Waals surface area contributed by atoms with Gasteiger partial charge in [-0.1, -0.05) is 25.1 Å². The second-order valence-corrected chi connectivity index (χ2v) is 7.35. The molecule has 0 saturated heterocycles. The molecule has 0 radical (unpaired) electrons. The number of ketones is 1. The summed E-state index contributed by atoms with van der Waals surface area (Å²) in [5, 5.41) is 0. The minimum absolute atomic E-state index is 0.0821. The second kappa shape index (κ2) is 6.57. The Morgan fingerprint density at radius 3 is 2.52 bits per heavy atom. The summed E-state index contributed by atoms with van der Waals surface area (Å²) in [5.41, 5.74) is 0.900. The highest BCUT2D eigenvalue weighted by atomic mass is 127. The lowest BCUT2D eigenvalue weighted by Crippen LogP contribution is -2.13. The fourth-order valence-corrected chi connectivity index (χ4v) is 3.44. The van der Waals surface area contributed by atoms with Crippen LogP contribution in [-0.4, -0.2) is 14.2 Å². The number of hydrogen-bond donors (Lipinski definition) is 1. The number of carbonyl (C=O) groups excluding carboxylic acids is 1. The van der Waals surface area contributed by atoms with E-state index < -0.39 is 10.0 Å². The zero-order valence-electron chi connectivity index (χ0n) is 11.3. The van der Waals surface area contributed by atoms with Crippen LogP contribution in [0.3, 0.4) is 0 Å². The van der Waals surface area contributed by atoms with Gasteiger partial charge in [0.25, 0.3) is 10.0 Å². The molecule has 0 heterocycles. The molecule has 2 aromatic carbocycles. The highest BCUT2D eigenvalue weighted by molar-refractivity contribution is 14.1. The van der Waals surface area contributed by atoms with Crippen LogP contribution >= 0.6 is 22.6 Å². The number of nitrogens with one attached hydrogen (secondary N) is 1. The van der Waals surface area contributed by atoms with Crippen molar-refractivity contribution >= 4 is 44.1 Å². The van der Waals surface area contributed by atoms with Crippen LogP contribution in [0.15, 0.2) is 53.4 Å². The van der Waals surface area contributed by atoms with Crippen LogP contribution in [0.2, 0.25) is 0 Å². The Bertz CT molecular complexity index is 772. The standard InChI is InChI=1S/C15H14INO3S/c1-2-15(18)11-5-3-8-14(9-11)21(19,20)17-13-7-4-6-12(16)10-13/h3-10,17H,2H2,1H3. The van der Waals surface area contributed by atoms with Gasteiger partial charge < -0.3 is 0 Å². The highest BCUT2D eigenvalue weighted by Gasteiger charge is 2.16. The molecule has 0 aliphatic carbocycles. The third-order valence-electron chi connectivity index (χ3n) is 2.86. The van der Waals surface area contributed by atoms with Crippen LogP contribution in [0.25, 0.3) is 0 Å². The normalized spacial score (nSPS) is 11.1. The molecular formula is C15H14INO3S. The molecule has 0 amide bonds. The van der Waals surface area contributed by atoms with Crippen LogP contribution < -0.4 is 4.72 Å². The Morgan fingerprint density at radius 2 is 1.86 bits per heavy atom. The molecule has 0 unspecified atom stereocenters. The minimum Gasteiger partial charge on any atom is -0.294 e. The molecular weight excluding hydrogens is 401 g/mol. The molecule has 2 rings (SSSR count). The number of sulfonamides is 1. The van der Waals surface area contributed by atoms with Gasteiger partial charge in [0, 0.05) is 21.2 Å². The first-order chi connectivity index (χ1) is 9.92. The maximum atomic E-state index is 12.4. The predicted octanol–water partition coefficient (Wildman–Crippen LogP) is 3.68. The Balaban J connectivity index is 2.33. The van der Waals surface area contributed by atoms with Gasteiger partial charge in [0.2, 0.25) is 0 Å². The van der Waals surface area contributed by atoms with E-state index in [0.29, 0.717) is 17.7 Å². The molecule has 0 fully saturated rings. The predicted molar refractivity (Wildman–Crippen MR) is 91.0 cm³/mol. The Hall–Kier alpha value is -1.41. The summed E-state index contributed by atoms with van der Waals surface area (Å²) in [6.07, 6.45) is 0.341.